The summed E-state index contributed by atoms with van der Waals surface area (Å²) in [6, 6.07) is 8.42. The highest BCUT2D eigenvalue weighted by Crippen LogP contribution is 2.44. The third kappa shape index (κ3) is 3.03. The molecule has 1 amide bonds. The maximum Gasteiger partial charge on any atom is 0.223 e. The molecular weight excluding hydrogens is 294 g/mol. The molecule has 1 spiro atoms. The molecule has 1 aromatic carbocycles. The molecule has 0 radical (unpaired) electrons. The molecule has 1 unspecified atom stereocenters. The molecule has 1 aromatic rings. The summed E-state index contributed by atoms with van der Waals surface area (Å²) in [5.74, 6) is 0.822. The average molecular weight is 320 g/mol. The lowest BCUT2D eigenvalue weighted by molar-refractivity contribution is -0.148. The number of halogens is 1. The van der Waals surface area contributed by atoms with Gasteiger partial charge >= 0.3 is 0 Å². The second-order valence-electron chi connectivity index (χ2n) is 7.32. The van der Waals surface area contributed by atoms with Gasteiger partial charge in [0.1, 0.15) is 0 Å². The first-order valence-electron chi connectivity index (χ1n) is 8.49. The minimum absolute atomic E-state index is 0.0441. The number of likely N-dealkylation sites (tertiary alicyclic amines) is 1. The molecule has 3 heteroatoms. The monoisotopic (exact) mass is 319 g/mol. The number of nitrogens with zero attached hydrogens (tertiary/aromatic N) is 1. The second kappa shape index (κ2) is 6.23. The van der Waals surface area contributed by atoms with Crippen molar-refractivity contribution in [2.24, 2.45) is 5.92 Å². The van der Waals surface area contributed by atoms with E-state index in [0.29, 0.717) is 23.6 Å². The van der Waals surface area contributed by atoms with Crippen molar-refractivity contribution in [1.82, 2.24) is 4.90 Å². The summed E-state index contributed by atoms with van der Waals surface area (Å²) in [6.45, 7) is 5.11. The number of hydrogen-bond acceptors (Lipinski definition) is 1. The third-order valence-electron chi connectivity index (χ3n) is 5.56. The number of aryl methyl sites for hydroxylation is 1. The topological polar surface area (TPSA) is 20.3 Å². The Hall–Kier alpha value is -1.02. The number of carbonyl (C=O) groups is 1. The summed E-state index contributed by atoms with van der Waals surface area (Å²) in [5.41, 5.74) is 2.59. The van der Waals surface area contributed by atoms with Gasteiger partial charge in [0.25, 0.3) is 0 Å². The minimum Gasteiger partial charge on any atom is -0.333 e. The molecule has 2 aliphatic rings. The van der Waals surface area contributed by atoms with E-state index < -0.39 is 0 Å². The van der Waals surface area contributed by atoms with Gasteiger partial charge in [0.05, 0.1) is 0 Å². The van der Waals surface area contributed by atoms with Gasteiger partial charge in [0.2, 0.25) is 5.91 Å². The standard InChI is InChI=1S/C19H26ClNO/c1-14-11-18(22)21(13-16-6-4-3-5-15(16)2)19(12-14)9-7-17(20)8-10-19/h3-6,14,17H,7-13H2,1-2H3. The van der Waals surface area contributed by atoms with Crippen LogP contribution in [-0.2, 0) is 11.3 Å². The van der Waals surface area contributed by atoms with E-state index in [1.807, 2.05) is 0 Å². The molecular formula is C19H26ClNO. The van der Waals surface area contributed by atoms with Crippen molar-refractivity contribution in [3.8, 4) is 0 Å². The third-order valence-corrected chi connectivity index (χ3v) is 6.00. The number of benzene rings is 1. The number of hydrogen-bond donors (Lipinski definition) is 0. The maximum atomic E-state index is 12.8. The highest BCUT2D eigenvalue weighted by Gasteiger charge is 2.46. The van der Waals surface area contributed by atoms with Crippen LogP contribution in [0.4, 0.5) is 0 Å². The summed E-state index contributed by atoms with van der Waals surface area (Å²) in [4.78, 5) is 15.0. The van der Waals surface area contributed by atoms with Crippen LogP contribution < -0.4 is 0 Å². The average Bonchev–Trinajstić information content (AvgIpc) is 2.48. The van der Waals surface area contributed by atoms with Crippen molar-refractivity contribution in [1.29, 1.82) is 0 Å². The first-order chi connectivity index (χ1) is 10.5. The zero-order valence-electron chi connectivity index (χ0n) is 13.6. The summed E-state index contributed by atoms with van der Waals surface area (Å²) in [7, 11) is 0. The van der Waals surface area contributed by atoms with Gasteiger partial charge in [-0.1, -0.05) is 31.2 Å². The molecule has 1 heterocycles. The molecule has 1 aliphatic carbocycles. The zero-order chi connectivity index (χ0) is 15.7. The Bertz CT molecular complexity index is 548. The van der Waals surface area contributed by atoms with Crippen LogP contribution in [0, 0.1) is 12.8 Å². The summed E-state index contributed by atoms with van der Waals surface area (Å²) >= 11 is 6.32. The predicted molar refractivity (Wildman–Crippen MR) is 91.0 cm³/mol. The van der Waals surface area contributed by atoms with Crippen LogP contribution in [0.15, 0.2) is 24.3 Å². The SMILES string of the molecule is Cc1ccccc1CN1C(=O)CC(C)CC12CCC(Cl)CC2. The van der Waals surface area contributed by atoms with Gasteiger partial charge in [0.15, 0.2) is 0 Å². The van der Waals surface area contributed by atoms with E-state index in [2.05, 4.69) is 43.0 Å². The molecule has 0 bridgehead atoms. The number of piperidine rings is 1. The first kappa shape index (κ1) is 15.9. The lowest BCUT2D eigenvalue weighted by Gasteiger charge is -2.52. The smallest absolute Gasteiger partial charge is 0.223 e. The maximum absolute atomic E-state index is 12.8. The van der Waals surface area contributed by atoms with Crippen molar-refractivity contribution < 1.29 is 4.79 Å². The number of alkyl halides is 1. The highest BCUT2D eigenvalue weighted by atomic mass is 35.5. The molecule has 0 N–H and O–H groups in total. The van der Waals surface area contributed by atoms with Crippen LogP contribution in [0.1, 0.15) is 56.6 Å². The molecule has 2 nitrogen and oxygen atoms in total. The molecule has 22 heavy (non-hydrogen) atoms. The number of rotatable bonds is 2. The molecule has 0 aromatic heterocycles. The van der Waals surface area contributed by atoms with E-state index in [1.54, 1.807) is 0 Å². The van der Waals surface area contributed by atoms with Gasteiger partial charge < -0.3 is 4.90 Å². The summed E-state index contributed by atoms with van der Waals surface area (Å²) < 4.78 is 0. The summed E-state index contributed by atoms with van der Waals surface area (Å²) in [6.07, 6.45) is 6.01. The quantitative estimate of drug-likeness (QED) is 0.725. The van der Waals surface area contributed by atoms with Gasteiger partial charge in [0, 0.05) is 23.9 Å². The van der Waals surface area contributed by atoms with Crippen LogP contribution in [0.25, 0.3) is 0 Å². The molecule has 1 aliphatic heterocycles. The van der Waals surface area contributed by atoms with Crippen LogP contribution in [0.2, 0.25) is 0 Å². The lowest BCUT2D eigenvalue weighted by Crippen LogP contribution is -2.57. The van der Waals surface area contributed by atoms with Crippen molar-refractivity contribution in [2.45, 2.75) is 69.8 Å². The van der Waals surface area contributed by atoms with Crippen molar-refractivity contribution >= 4 is 17.5 Å². The molecule has 3 rings (SSSR count). The Morgan fingerprint density at radius 3 is 2.64 bits per heavy atom. The Kier molecular flexibility index (Phi) is 4.49. The van der Waals surface area contributed by atoms with E-state index in [9.17, 15) is 4.79 Å². The summed E-state index contributed by atoms with van der Waals surface area (Å²) in [5, 5.41) is 0.290. The van der Waals surface area contributed by atoms with E-state index in [4.69, 9.17) is 11.6 Å². The molecule has 2 fully saturated rings. The van der Waals surface area contributed by atoms with Crippen LogP contribution in [-0.4, -0.2) is 21.7 Å². The fraction of sp³-hybridized carbons (Fsp3) is 0.632. The zero-order valence-corrected chi connectivity index (χ0v) is 14.4. The van der Waals surface area contributed by atoms with Gasteiger partial charge in [-0.15, -0.1) is 11.6 Å². The predicted octanol–water partition coefficient (Wildman–Crippen LogP) is 4.67. The highest BCUT2D eigenvalue weighted by molar-refractivity contribution is 6.20. The van der Waals surface area contributed by atoms with Gasteiger partial charge in [-0.25, -0.2) is 0 Å². The van der Waals surface area contributed by atoms with Crippen LogP contribution >= 0.6 is 11.6 Å². The Morgan fingerprint density at radius 2 is 1.95 bits per heavy atom. The molecule has 1 saturated heterocycles. The number of amides is 1. The van der Waals surface area contributed by atoms with E-state index in [1.165, 1.54) is 11.1 Å². The Balaban J connectivity index is 1.88. The fourth-order valence-corrected chi connectivity index (χ4v) is 4.53. The van der Waals surface area contributed by atoms with Crippen molar-refractivity contribution in [2.75, 3.05) is 0 Å². The van der Waals surface area contributed by atoms with Crippen LogP contribution in [0.5, 0.6) is 0 Å². The van der Waals surface area contributed by atoms with E-state index in [-0.39, 0.29) is 5.54 Å². The van der Waals surface area contributed by atoms with Gasteiger partial charge in [-0.3, -0.25) is 4.79 Å². The van der Waals surface area contributed by atoms with Crippen molar-refractivity contribution in [3.63, 3.8) is 0 Å². The lowest BCUT2D eigenvalue weighted by atomic mass is 9.71. The molecule has 120 valence electrons. The van der Waals surface area contributed by atoms with Crippen molar-refractivity contribution in [3.05, 3.63) is 35.4 Å². The molecule has 1 saturated carbocycles. The molecule has 1 atom stereocenters. The van der Waals surface area contributed by atoms with E-state index >= 15 is 0 Å². The normalized spacial score (nSPS) is 32.5. The second-order valence-corrected chi connectivity index (χ2v) is 7.94. The van der Waals surface area contributed by atoms with E-state index in [0.717, 1.165) is 38.6 Å². The minimum atomic E-state index is 0.0441. The fourth-order valence-electron chi connectivity index (χ4n) is 4.31. The van der Waals surface area contributed by atoms with Gasteiger partial charge in [-0.05, 0) is 56.1 Å². The van der Waals surface area contributed by atoms with Crippen LogP contribution in [0.3, 0.4) is 0 Å². The Morgan fingerprint density at radius 1 is 1.27 bits per heavy atom. The first-order valence-corrected chi connectivity index (χ1v) is 8.93. The Labute approximate surface area is 138 Å². The number of carbonyl (C=O) groups excluding carboxylic acids is 1. The largest absolute Gasteiger partial charge is 0.333 e. The van der Waals surface area contributed by atoms with Gasteiger partial charge in [-0.2, -0.15) is 0 Å².